The highest BCUT2D eigenvalue weighted by Gasteiger charge is 2.34. The Morgan fingerprint density at radius 1 is 1.00 bits per heavy atom. The molecule has 1 heterocycles. The Morgan fingerprint density at radius 2 is 1.65 bits per heavy atom. The molecule has 0 radical (unpaired) electrons. The van der Waals surface area contributed by atoms with Gasteiger partial charge in [0.15, 0.2) is 6.10 Å². The maximum atomic E-state index is 13.2. The molecule has 0 saturated carbocycles. The maximum Gasteiger partial charge on any atom is 0.418 e. The lowest BCUT2D eigenvalue weighted by molar-refractivity contribution is -0.137. The van der Waals surface area contributed by atoms with Crippen molar-refractivity contribution in [3.8, 4) is 5.75 Å². The summed E-state index contributed by atoms with van der Waals surface area (Å²) in [6, 6.07) is 10.5. The van der Waals surface area contributed by atoms with Crippen molar-refractivity contribution in [1.29, 1.82) is 0 Å². The molecule has 1 unspecified atom stereocenters. The summed E-state index contributed by atoms with van der Waals surface area (Å²) in [5.41, 5.74) is -0.0313. The number of ether oxygens (including phenoxy) is 2. The summed E-state index contributed by atoms with van der Waals surface area (Å²) in [7, 11) is 0. The lowest BCUT2D eigenvalue weighted by Crippen LogP contribution is -2.31. The van der Waals surface area contributed by atoms with E-state index in [4.69, 9.17) is 9.47 Å². The maximum absolute atomic E-state index is 13.2. The van der Waals surface area contributed by atoms with Gasteiger partial charge in [0.1, 0.15) is 10.8 Å². The minimum absolute atomic E-state index is 0.202. The summed E-state index contributed by atoms with van der Waals surface area (Å²) in [5, 5.41) is 5.35. The number of anilines is 2. The third kappa shape index (κ3) is 6.67. The van der Waals surface area contributed by atoms with Gasteiger partial charge in [0.25, 0.3) is 11.8 Å². The minimum Gasteiger partial charge on any atom is -0.481 e. The topological polar surface area (TPSA) is 93.7 Å². The van der Waals surface area contributed by atoms with Crippen molar-refractivity contribution in [2.75, 3.05) is 17.2 Å². The number of thiophene rings is 1. The quantitative estimate of drug-likeness (QED) is 0.335. The first-order valence-electron chi connectivity index (χ1n) is 11.2. The highest BCUT2D eigenvalue weighted by atomic mass is 32.1. The summed E-state index contributed by atoms with van der Waals surface area (Å²) in [6.07, 6.45) is -5.74. The van der Waals surface area contributed by atoms with E-state index < -0.39 is 35.6 Å². The Kier molecular flexibility index (Phi) is 8.59. The van der Waals surface area contributed by atoms with E-state index in [0.717, 1.165) is 22.6 Å². The number of halogens is 3. The van der Waals surface area contributed by atoms with Crippen molar-refractivity contribution in [2.45, 2.75) is 40.0 Å². The molecule has 2 N–H and O–H groups in total. The SMILES string of the molecule is CCOC(=O)c1c(NC(=O)c2ccc(OC(C)C(=O)Nc3ccccc3C(F)(F)F)cc2)sc(C)c1C. The van der Waals surface area contributed by atoms with Crippen LogP contribution in [0, 0.1) is 13.8 Å². The molecular formula is C26H25F3N2O5S. The number of alkyl halides is 3. The average molecular weight is 535 g/mol. The summed E-state index contributed by atoms with van der Waals surface area (Å²) in [6.45, 7) is 6.90. The zero-order valence-electron chi connectivity index (χ0n) is 20.5. The highest BCUT2D eigenvalue weighted by molar-refractivity contribution is 7.16. The smallest absolute Gasteiger partial charge is 0.418 e. The van der Waals surface area contributed by atoms with Gasteiger partial charge in [-0.3, -0.25) is 9.59 Å². The normalized spacial score (nSPS) is 12.0. The average Bonchev–Trinajstić information content (AvgIpc) is 3.11. The van der Waals surface area contributed by atoms with E-state index in [-0.39, 0.29) is 23.6 Å². The lowest BCUT2D eigenvalue weighted by atomic mass is 10.1. The first-order chi connectivity index (χ1) is 17.4. The van der Waals surface area contributed by atoms with Crippen LogP contribution in [0.1, 0.15) is 50.6 Å². The van der Waals surface area contributed by atoms with Crippen molar-refractivity contribution < 1.29 is 37.0 Å². The molecule has 11 heteroatoms. The first kappa shape index (κ1) is 27.7. The number of aryl methyl sites for hydroxylation is 1. The lowest BCUT2D eigenvalue weighted by Gasteiger charge is -2.17. The second-order valence-electron chi connectivity index (χ2n) is 7.98. The first-order valence-corrected chi connectivity index (χ1v) is 12.1. The van der Waals surface area contributed by atoms with Gasteiger partial charge in [-0.25, -0.2) is 4.79 Å². The Hall–Kier alpha value is -3.86. The van der Waals surface area contributed by atoms with E-state index >= 15 is 0 Å². The molecule has 0 aliphatic heterocycles. The number of rotatable bonds is 8. The Bertz CT molecular complexity index is 1300. The fourth-order valence-corrected chi connectivity index (χ4v) is 4.40. The Balaban J connectivity index is 1.66. The van der Waals surface area contributed by atoms with E-state index in [1.54, 1.807) is 13.8 Å². The van der Waals surface area contributed by atoms with Crippen molar-refractivity contribution in [3.05, 3.63) is 75.7 Å². The second-order valence-corrected chi connectivity index (χ2v) is 9.20. The molecule has 37 heavy (non-hydrogen) atoms. The zero-order valence-corrected chi connectivity index (χ0v) is 21.3. The van der Waals surface area contributed by atoms with Crippen molar-refractivity contribution in [2.24, 2.45) is 0 Å². The van der Waals surface area contributed by atoms with Crippen LogP contribution in [-0.2, 0) is 15.7 Å². The molecule has 0 fully saturated rings. The van der Waals surface area contributed by atoms with Gasteiger partial charge in [0.2, 0.25) is 0 Å². The van der Waals surface area contributed by atoms with Crippen molar-refractivity contribution >= 4 is 39.8 Å². The molecule has 1 aromatic heterocycles. The molecule has 0 spiro atoms. The molecule has 2 aromatic carbocycles. The summed E-state index contributed by atoms with van der Waals surface area (Å²) in [5.74, 6) is -1.52. The molecule has 0 saturated heterocycles. The number of hydrogen-bond acceptors (Lipinski definition) is 6. The van der Waals surface area contributed by atoms with Crippen molar-refractivity contribution in [1.82, 2.24) is 0 Å². The molecule has 3 aromatic rings. The monoisotopic (exact) mass is 534 g/mol. The van der Waals surface area contributed by atoms with Gasteiger partial charge in [-0.15, -0.1) is 11.3 Å². The van der Waals surface area contributed by atoms with Crippen LogP contribution in [0.15, 0.2) is 48.5 Å². The fraction of sp³-hybridized carbons (Fsp3) is 0.269. The van der Waals surface area contributed by atoms with Gasteiger partial charge in [-0.2, -0.15) is 13.2 Å². The number of esters is 1. The van der Waals surface area contributed by atoms with Gasteiger partial charge in [0.05, 0.1) is 23.4 Å². The predicted octanol–water partition coefficient (Wildman–Crippen LogP) is 6.22. The molecule has 3 rings (SSSR count). The molecular weight excluding hydrogens is 509 g/mol. The van der Waals surface area contributed by atoms with Gasteiger partial charge in [-0.1, -0.05) is 12.1 Å². The molecule has 0 bridgehead atoms. The standard InChI is InChI=1S/C26H25F3N2O5S/c1-5-35-25(34)21-14(2)16(4)37-24(21)31-23(33)17-10-12-18(13-11-17)36-15(3)22(32)30-20-9-7-6-8-19(20)26(27,28)29/h6-13,15H,5H2,1-4H3,(H,30,32)(H,31,33). The van der Waals surface area contributed by atoms with Gasteiger partial charge in [-0.05, 0) is 69.7 Å². The van der Waals surface area contributed by atoms with Gasteiger partial charge < -0.3 is 20.1 Å². The van der Waals surface area contributed by atoms with Crippen LogP contribution < -0.4 is 15.4 Å². The molecule has 0 aliphatic rings. The molecule has 0 aliphatic carbocycles. The van der Waals surface area contributed by atoms with Crippen LogP contribution in [0.5, 0.6) is 5.75 Å². The molecule has 1 atom stereocenters. The highest BCUT2D eigenvalue weighted by Crippen LogP contribution is 2.35. The number of amides is 2. The molecule has 7 nitrogen and oxygen atoms in total. The zero-order chi connectivity index (χ0) is 27.3. The van der Waals surface area contributed by atoms with Crippen LogP contribution >= 0.6 is 11.3 Å². The van der Waals surface area contributed by atoms with Crippen LogP contribution in [0.4, 0.5) is 23.9 Å². The minimum atomic E-state index is -4.62. The van der Waals surface area contributed by atoms with E-state index in [2.05, 4.69) is 10.6 Å². The van der Waals surface area contributed by atoms with Crippen LogP contribution in [0.2, 0.25) is 0 Å². The van der Waals surface area contributed by atoms with Gasteiger partial charge in [0, 0.05) is 10.4 Å². The van der Waals surface area contributed by atoms with E-state index in [1.165, 1.54) is 54.7 Å². The number of carbonyl (C=O) groups excluding carboxylic acids is 3. The Morgan fingerprint density at radius 3 is 2.27 bits per heavy atom. The molecule has 2 amide bonds. The predicted molar refractivity (Wildman–Crippen MR) is 134 cm³/mol. The summed E-state index contributed by atoms with van der Waals surface area (Å²) in [4.78, 5) is 38.4. The van der Waals surface area contributed by atoms with E-state index in [1.807, 2.05) is 6.92 Å². The molecule has 196 valence electrons. The summed E-state index contributed by atoms with van der Waals surface area (Å²) >= 11 is 1.26. The number of carbonyl (C=O) groups is 3. The fourth-order valence-electron chi connectivity index (χ4n) is 3.36. The second kappa shape index (κ2) is 11.5. The number of nitrogens with one attached hydrogen (secondary N) is 2. The van der Waals surface area contributed by atoms with Crippen LogP contribution in [0.25, 0.3) is 0 Å². The summed E-state index contributed by atoms with van der Waals surface area (Å²) < 4.78 is 50.1. The number of benzene rings is 2. The largest absolute Gasteiger partial charge is 0.481 e. The third-order valence-corrected chi connectivity index (χ3v) is 6.50. The Labute approximate surface area is 215 Å². The van der Waals surface area contributed by atoms with Crippen LogP contribution in [0.3, 0.4) is 0 Å². The van der Waals surface area contributed by atoms with E-state index in [0.29, 0.717) is 10.6 Å². The van der Waals surface area contributed by atoms with Gasteiger partial charge >= 0.3 is 12.1 Å². The van der Waals surface area contributed by atoms with E-state index in [9.17, 15) is 27.6 Å². The number of para-hydroxylation sites is 1. The van der Waals surface area contributed by atoms with Crippen LogP contribution in [-0.4, -0.2) is 30.5 Å². The third-order valence-electron chi connectivity index (χ3n) is 5.38. The number of hydrogen-bond donors (Lipinski definition) is 2. The van der Waals surface area contributed by atoms with Crippen molar-refractivity contribution in [3.63, 3.8) is 0 Å².